The molecule has 0 fully saturated rings. The zero-order valence-electron chi connectivity index (χ0n) is 11.8. The van der Waals surface area contributed by atoms with Crippen LogP contribution in [-0.2, 0) is 0 Å². The second-order valence-electron chi connectivity index (χ2n) is 4.03. The van der Waals surface area contributed by atoms with Crippen LogP contribution in [0.3, 0.4) is 0 Å². The first-order valence-corrected chi connectivity index (χ1v) is 13.3. The highest BCUT2D eigenvalue weighted by Crippen LogP contribution is 2.22. The Morgan fingerprint density at radius 3 is 1.70 bits per heavy atom. The van der Waals surface area contributed by atoms with Crippen LogP contribution in [0.2, 0.25) is 0 Å². The van der Waals surface area contributed by atoms with Crippen LogP contribution in [-0.4, -0.2) is 61.1 Å². The summed E-state index contributed by atoms with van der Waals surface area (Å²) in [6, 6.07) is 0. The summed E-state index contributed by atoms with van der Waals surface area (Å²) in [5.74, 6) is 9.00. The molecule has 0 aliphatic rings. The third kappa shape index (κ3) is 14.4. The summed E-state index contributed by atoms with van der Waals surface area (Å²) in [5, 5.41) is 1.33. The van der Waals surface area contributed by atoms with Crippen LogP contribution >= 0.6 is 97.6 Å². The molecule has 0 rings (SSSR count). The van der Waals surface area contributed by atoms with Gasteiger partial charge in [0.25, 0.3) is 0 Å². The van der Waals surface area contributed by atoms with E-state index in [9.17, 15) is 0 Å². The van der Waals surface area contributed by atoms with Gasteiger partial charge >= 0.3 is 0 Å². The van der Waals surface area contributed by atoms with Gasteiger partial charge in [0, 0.05) is 50.8 Å². The van der Waals surface area contributed by atoms with Gasteiger partial charge in [0.1, 0.15) is 0 Å². The molecule has 0 aliphatic carbocycles. The second kappa shape index (κ2) is 16.7. The Labute approximate surface area is 164 Å². The fourth-order valence-electron chi connectivity index (χ4n) is 1.31. The summed E-state index contributed by atoms with van der Waals surface area (Å²) < 4.78 is 0.178. The maximum Gasteiger partial charge on any atom is 0.0532 e. The van der Waals surface area contributed by atoms with Crippen molar-refractivity contribution in [2.45, 2.75) is 22.0 Å². The molecular formula is C12H26S8. The second-order valence-corrected chi connectivity index (χ2v) is 11.6. The molecule has 0 saturated carbocycles. The van der Waals surface area contributed by atoms with Crippen LogP contribution in [0, 0.1) is 0 Å². The van der Waals surface area contributed by atoms with Crippen molar-refractivity contribution in [1.29, 1.82) is 0 Å². The lowest BCUT2D eigenvalue weighted by molar-refractivity contribution is 1.14. The van der Waals surface area contributed by atoms with Crippen molar-refractivity contribution >= 4 is 97.6 Å². The van der Waals surface area contributed by atoms with E-state index in [1.165, 1.54) is 28.8 Å². The summed E-state index contributed by atoms with van der Waals surface area (Å²) in [5.41, 5.74) is 0. The zero-order chi connectivity index (χ0) is 15.2. The van der Waals surface area contributed by atoms with Crippen molar-refractivity contribution in [3.8, 4) is 0 Å². The van der Waals surface area contributed by atoms with Gasteiger partial charge in [0.2, 0.25) is 0 Å². The maximum absolute atomic E-state index is 4.42. The summed E-state index contributed by atoms with van der Waals surface area (Å²) in [6.45, 7) is 2.22. The van der Waals surface area contributed by atoms with E-state index in [2.05, 4.69) is 69.2 Å². The van der Waals surface area contributed by atoms with E-state index in [1.54, 1.807) is 0 Å². The van der Waals surface area contributed by atoms with E-state index >= 15 is 0 Å². The third-order valence-corrected chi connectivity index (χ3v) is 9.92. The summed E-state index contributed by atoms with van der Waals surface area (Å²) in [4.78, 5) is 0. The van der Waals surface area contributed by atoms with E-state index in [-0.39, 0.29) is 4.58 Å². The number of thiol groups is 4. The molecule has 0 aliphatic heterocycles. The first kappa shape index (κ1) is 22.8. The Morgan fingerprint density at radius 2 is 1.30 bits per heavy atom. The standard InChI is InChI=1S/C12H26S8/c1-2-19-10(5-13)7-17-3-4-18-8-11(6-14)20-9-12(15)16/h10-16H,2-9H2,1H3/t10-,11+/m0/s1. The van der Waals surface area contributed by atoms with Gasteiger partial charge in [0.15, 0.2) is 0 Å². The lowest BCUT2D eigenvalue weighted by atomic mass is 10.5. The number of hydrogen-bond donors (Lipinski definition) is 4. The van der Waals surface area contributed by atoms with Gasteiger partial charge in [-0.05, 0) is 5.75 Å². The van der Waals surface area contributed by atoms with Gasteiger partial charge in [-0.1, -0.05) is 6.92 Å². The largest absolute Gasteiger partial charge is 0.178 e. The van der Waals surface area contributed by atoms with Crippen molar-refractivity contribution in [3.05, 3.63) is 0 Å². The van der Waals surface area contributed by atoms with Gasteiger partial charge in [-0.2, -0.15) is 97.6 Å². The Bertz CT molecular complexity index is 202. The molecule has 0 radical (unpaired) electrons. The number of rotatable bonds is 14. The molecule has 0 nitrogen and oxygen atoms in total. The van der Waals surface area contributed by atoms with Crippen molar-refractivity contribution in [3.63, 3.8) is 0 Å². The molecule has 0 aromatic rings. The van der Waals surface area contributed by atoms with E-state index in [0.29, 0.717) is 10.5 Å². The molecule has 0 bridgehead atoms. The van der Waals surface area contributed by atoms with E-state index in [4.69, 9.17) is 0 Å². The predicted octanol–water partition coefficient (Wildman–Crippen LogP) is 4.72. The molecule has 0 saturated heterocycles. The minimum Gasteiger partial charge on any atom is -0.178 e. The molecular weight excluding hydrogens is 401 g/mol. The monoisotopic (exact) mass is 426 g/mol. The fourth-order valence-corrected chi connectivity index (χ4v) is 7.58. The first-order valence-electron chi connectivity index (χ1n) is 6.60. The average molecular weight is 427 g/mol. The highest BCUT2D eigenvalue weighted by Gasteiger charge is 2.09. The van der Waals surface area contributed by atoms with Crippen LogP contribution in [0.5, 0.6) is 0 Å². The molecule has 0 heterocycles. The molecule has 122 valence electrons. The maximum atomic E-state index is 4.42. The SMILES string of the molecule is CCS[C@@H](CS)CSCCSC[C@@H](CS)SCC(S)S. The van der Waals surface area contributed by atoms with Crippen LogP contribution in [0.25, 0.3) is 0 Å². The molecule has 0 aromatic heterocycles. The average Bonchev–Trinajstić information content (AvgIpc) is 2.44. The van der Waals surface area contributed by atoms with Crippen molar-refractivity contribution in [1.82, 2.24) is 0 Å². The van der Waals surface area contributed by atoms with Gasteiger partial charge < -0.3 is 0 Å². The molecule has 0 spiro atoms. The highest BCUT2D eigenvalue weighted by atomic mass is 32.2. The molecule has 8 heteroatoms. The Kier molecular flexibility index (Phi) is 19.0. The van der Waals surface area contributed by atoms with Crippen LogP contribution in [0.4, 0.5) is 0 Å². The lowest BCUT2D eigenvalue weighted by Gasteiger charge is -2.15. The van der Waals surface area contributed by atoms with Gasteiger partial charge in [0.05, 0.1) is 4.58 Å². The summed E-state index contributed by atoms with van der Waals surface area (Å²) in [7, 11) is 0. The number of thioether (sulfide) groups is 4. The molecule has 20 heavy (non-hydrogen) atoms. The minimum atomic E-state index is 0.178. The topological polar surface area (TPSA) is 0 Å². The van der Waals surface area contributed by atoms with Gasteiger partial charge in [-0.15, -0.1) is 0 Å². The number of hydrogen-bond acceptors (Lipinski definition) is 8. The normalized spacial score (nSPS) is 14.7. The van der Waals surface area contributed by atoms with Gasteiger partial charge in [-0.25, -0.2) is 0 Å². The highest BCUT2D eigenvalue weighted by molar-refractivity contribution is 8.07. The molecule has 0 aromatic carbocycles. The summed E-state index contributed by atoms with van der Waals surface area (Å²) in [6.07, 6.45) is 0. The van der Waals surface area contributed by atoms with E-state index < -0.39 is 0 Å². The zero-order valence-corrected chi connectivity index (χ0v) is 18.7. The molecule has 2 atom stereocenters. The van der Waals surface area contributed by atoms with E-state index in [1.807, 2.05) is 35.3 Å². The van der Waals surface area contributed by atoms with Crippen LogP contribution < -0.4 is 0 Å². The van der Waals surface area contributed by atoms with Crippen molar-refractivity contribution in [2.75, 3.05) is 46.0 Å². The Morgan fingerprint density at radius 1 is 0.800 bits per heavy atom. The summed E-state index contributed by atoms with van der Waals surface area (Å²) >= 11 is 25.5. The fraction of sp³-hybridized carbons (Fsp3) is 1.00. The van der Waals surface area contributed by atoms with E-state index in [0.717, 1.165) is 17.3 Å². The van der Waals surface area contributed by atoms with Crippen molar-refractivity contribution in [2.24, 2.45) is 0 Å². The van der Waals surface area contributed by atoms with Crippen molar-refractivity contribution < 1.29 is 0 Å². The Hall–Kier alpha value is 2.80. The quantitative estimate of drug-likeness (QED) is 0.180. The van der Waals surface area contributed by atoms with Crippen LogP contribution in [0.15, 0.2) is 0 Å². The third-order valence-electron chi connectivity index (χ3n) is 2.27. The minimum absolute atomic E-state index is 0.178. The lowest BCUT2D eigenvalue weighted by Crippen LogP contribution is -2.12. The Balaban J connectivity index is 3.49. The predicted molar refractivity (Wildman–Crippen MR) is 122 cm³/mol. The first-order chi connectivity index (χ1) is 9.63. The molecule has 0 unspecified atom stereocenters. The smallest absolute Gasteiger partial charge is 0.0532 e. The molecule has 0 N–H and O–H groups in total. The molecule has 0 amide bonds. The van der Waals surface area contributed by atoms with Crippen LogP contribution in [0.1, 0.15) is 6.92 Å². The van der Waals surface area contributed by atoms with Gasteiger partial charge in [-0.3, -0.25) is 0 Å².